The van der Waals surface area contributed by atoms with Crippen LogP contribution in [-0.2, 0) is 14.3 Å². The Bertz CT molecular complexity index is 512. The molecular weight excluding hydrogens is 316 g/mol. The van der Waals surface area contributed by atoms with Crippen molar-refractivity contribution in [2.75, 3.05) is 25.1 Å². The first-order valence-corrected chi connectivity index (χ1v) is 9.27. The summed E-state index contributed by atoms with van der Waals surface area (Å²) in [5, 5.41) is 5.56. The Morgan fingerprint density at radius 1 is 0.960 bits per heavy atom. The molecule has 0 atom stereocenters. The second kappa shape index (κ2) is 12.5. The molecule has 0 aliphatic heterocycles. The Morgan fingerprint density at radius 2 is 1.60 bits per heavy atom. The van der Waals surface area contributed by atoms with Gasteiger partial charge in [-0.05, 0) is 30.0 Å². The minimum atomic E-state index is -0.260. The molecular formula is C20H32N2O3. The Morgan fingerprint density at radius 3 is 2.24 bits per heavy atom. The Labute approximate surface area is 151 Å². The van der Waals surface area contributed by atoms with Gasteiger partial charge in [0.15, 0.2) is 0 Å². The number of hydrogen-bond donors (Lipinski definition) is 2. The Balaban J connectivity index is 2.12. The first-order chi connectivity index (χ1) is 12.0. The van der Waals surface area contributed by atoms with Gasteiger partial charge in [-0.25, -0.2) is 0 Å². The van der Waals surface area contributed by atoms with Crippen LogP contribution in [0.2, 0.25) is 0 Å². The maximum atomic E-state index is 11.8. The summed E-state index contributed by atoms with van der Waals surface area (Å²) >= 11 is 0. The average molecular weight is 348 g/mol. The lowest BCUT2D eigenvalue weighted by Gasteiger charge is -2.09. The number of nitrogens with one attached hydrogen (secondary N) is 2. The van der Waals surface area contributed by atoms with E-state index in [0.29, 0.717) is 12.5 Å². The lowest BCUT2D eigenvalue weighted by molar-refractivity contribution is -0.128. The van der Waals surface area contributed by atoms with Crippen molar-refractivity contribution in [2.45, 2.75) is 58.8 Å². The van der Waals surface area contributed by atoms with E-state index in [-0.39, 0.29) is 25.0 Å². The highest BCUT2D eigenvalue weighted by Gasteiger charge is 2.06. The molecule has 0 aliphatic rings. The number of hydrogen-bond acceptors (Lipinski definition) is 3. The van der Waals surface area contributed by atoms with Gasteiger partial charge in [0, 0.05) is 12.2 Å². The third-order valence-corrected chi connectivity index (χ3v) is 3.93. The molecule has 25 heavy (non-hydrogen) atoms. The van der Waals surface area contributed by atoms with Gasteiger partial charge < -0.3 is 15.4 Å². The fraction of sp³-hybridized carbons (Fsp3) is 0.600. The van der Waals surface area contributed by atoms with Crippen LogP contribution in [0.15, 0.2) is 24.3 Å². The number of ether oxygens (including phenoxy) is 1. The van der Waals surface area contributed by atoms with Gasteiger partial charge >= 0.3 is 0 Å². The van der Waals surface area contributed by atoms with E-state index in [1.54, 1.807) is 0 Å². The quantitative estimate of drug-likeness (QED) is 0.564. The van der Waals surface area contributed by atoms with E-state index in [9.17, 15) is 9.59 Å². The van der Waals surface area contributed by atoms with Gasteiger partial charge in [-0.2, -0.15) is 0 Å². The standard InChI is InChI=1S/C20H32N2O3/c1-4-5-6-7-8-13-21-19(23)14-25-15-20(24)22-18-11-9-17(10-12-18)16(2)3/h9-12,16H,4-8,13-15H2,1-3H3,(H,21,23)(H,22,24). The molecule has 0 spiro atoms. The summed E-state index contributed by atoms with van der Waals surface area (Å²) in [5.74, 6) is 0.0208. The van der Waals surface area contributed by atoms with Gasteiger partial charge in [0.05, 0.1) is 0 Å². The number of carbonyl (C=O) groups is 2. The predicted molar refractivity (Wildman–Crippen MR) is 102 cm³/mol. The minimum Gasteiger partial charge on any atom is -0.362 e. The summed E-state index contributed by atoms with van der Waals surface area (Å²) in [4.78, 5) is 23.4. The van der Waals surface area contributed by atoms with Crippen molar-refractivity contribution in [3.8, 4) is 0 Å². The monoisotopic (exact) mass is 348 g/mol. The molecule has 5 nitrogen and oxygen atoms in total. The lowest BCUT2D eigenvalue weighted by atomic mass is 10.0. The number of anilines is 1. The zero-order valence-electron chi connectivity index (χ0n) is 15.8. The van der Waals surface area contributed by atoms with Crippen molar-refractivity contribution in [1.29, 1.82) is 0 Å². The molecule has 0 heterocycles. The van der Waals surface area contributed by atoms with Crippen LogP contribution >= 0.6 is 0 Å². The molecule has 0 aromatic heterocycles. The number of rotatable bonds is 12. The third kappa shape index (κ3) is 9.87. The molecule has 0 aliphatic carbocycles. The summed E-state index contributed by atoms with van der Waals surface area (Å²) in [6.45, 7) is 6.87. The highest BCUT2D eigenvalue weighted by Crippen LogP contribution is 2.16. The summed E-state index contributed by atoms with van der Waals surface area (Å²) in [7, 11) is 0. The molecule has 5 heteroatoms. The normalized spacial score (nSPS) is 10.7. The van der Waals surface area contributed by atoms with Gasteiger partial charge in [0.1, 0.15) is 13.2 Å². The van der Waals surface area contributed by atoms with E-state index in [0.717, 1.165) is 18.5 Å². The van der Waals surface area contributed by atoms with Crippen LogP contribution in [0.25, 0.3) is 0 Å². The van der Waals surface area contributed by atoms with Crippen LogP contribution < -0.4 is 10.6 Å². The zero-order valence-corrected chi connectivity index (χ0v) is 15.8. The van der Waals surface area contributed by atoms with Crippen molar-refractivity contribution >= 4 is 17.5 Å². The van der Waals surface area contributed by atoms with Crippen LogP contribution in [-0.4, -0.2) is 31.6 Å². The highest BCUT2D eigenvalue weighted by atomic mass is 16.5. The summed E-state index contributed by atoms with van der Waals surface area (Å²) in [6, 6.07) is 7.74. The largest absolute Gasteiger partial charge is 0.362 e. The molecule has 2 N–H and O–H groups in total. The second-order valence-electron chi connectivity index (χ2n) is 6.58. The SMILES string of the molecule is CCCCCCCNC(=O)COCC(=O)Nc1ccc(C(C)C)cc1. The third-order valence-electron chi connectivity index (χ3n) is 3.93. The van der Waals surface area contributed by atoms with E-state index in [2.05, 4.69) is 31.4 Å². The number of unbranched alkanes of at least 4 members (excludes halogenated alkanes) is 4. The number of carbonyl (C=O) groups excluding carboxylic acids is 2. The molecule has 1 aromatic rings. The van der Waals surface area contributed by atoms with Crippen LogP contribution in [0.1, 0.15) is 64.4 Å². The number of benzene rings is 1. The maximum Gasteiger partial charge on any atom is 0.250 e. The van der Waals surface area contributed by atoms with E-state index >= 15 is 0 Å². The Kier molecular flexibility index (Phi) is 10.6. The van der Waals surface area contributed by atoms with Gasteiger partial charge in [-0.3, -0.25) is 9.59 Å². The first kappa shape index (κ1) is 21.2. The molecule has 0 bridgehead atoms. The van der Waals surface area contributed by atoms with Crippen LogP contribution in [0.3, 0.4) is 0 Å². The van der Waals surface area contributed by atoms with Crippen molar-refractivity contribution in [3.63, 3.8) is 0 Å². The molecule has 1 aromatic carbocycles. The van der Waals surface area contributed by atoms with Gasteiger partial charge in [0.25, 0.3) is 0 Å². The minimum absolute atomic E-state index is 0.0886. The fourth-order valence-corrected chi connectivity index (χ4v) is 2.39. The van der Waals surface area contributed by atoms with Gasteiger partial charge in [-0.15, -0.1) is 0 Å². The summed E-state index contributed by atoms with van der Waals surface area (Å²) in [6.07, 6.45) is 5.78. The second-order valence-corrected chi connectivity index (χ2v) is 6.58. The molecule has 140 valence electrons. The first-order valence-electron chi connectivity index (χ1n) is 9.27. The van der Waals surface area contributed by atoms with Crippen molar-refractivity contribution < 1.29 is 14.3 Å². The van der Waals surface area contributed by atoms with Gasteiger partial charge in [0.2, 0.25) is 11.8 Å². The highest BCUT2D eigenvalue weighted by molar-refractivity contribution is 5.91. The van der Waals surface area contributed by atoms with Crippen LogP contribution in [0.5, 0.6) is 0 Å². The fourth-order valence-electron chi connectivity index (χ4n) is 2.39. The average Bonchev–Trinajstić information content (AvgIpc) is 2.58. The molecule has 0 saturated heterocycles. The van der Waals surface area contributed by atoms with Crippen molar-refractivity contribution in [1.82, 2.24) is 5.32 Å². The van der Waals surface area contributed by atoms with E-state index in [1.165, 1.54) is 24.8 Å². The zero-order chi connectivity index (χ0) is 18.5. The predicted octanol–water partition coefficient (Wildman–Crippen LogP) is 3.85. The Hall–Kier alpha value is -1.88. The summed E-state index contributed by atoms with van der Waals surface area (Å²) in [5.41, 5.74) is 1.95. The van der Waals surface area contributed by atoms with Gasteiger partial charge in [-0.1, -0.05) is 58.6 Å². The molecule has 0 radical (unpaired) electrons. The molecule has 2 amide bonds. The molecule has 0 unspecified atom stereocenters. The van der Waals surface area contributed by atoms with Crippen LogP contribution in [0, 0.1) is 0 Å². The topological polar surface area (TPSA) is 67.4 Å². The maximum absolute atomic E-state index is 11.8. The molecule has 1 rings (SSSR count). The van der Waals surface area contributed by atoms with E-state index < -0.39 is 0 Å². The molecule has 0 fully saturated rings. The molecule has 0 saturated carbocycles. The smallest absolute Gasteiger partial charge is 0.250 e. The lowest BCUT2D eigenvalue weighted by Crippen LogP contribution is -2.30. The summed E-state index contributed by atoms with van der Waals surface area (Å²) < 4.78 is 5.16. The van der Waals surface area contributed by atoms with Crippen molar-refractivity contribution in [2.24, 2.45) is 0 Å². The van der Waals surface area contributed by atoms with Crippen LogP contribution in [0.4, 0.5) is 5.69 Å². The van der Waals surface area contributed by atoms with Crippen molar-refractivity contribution in [3.05, 3.63) is 29.8 Å². The number of amides is 2. The van der Waals surface area contributed by atoms with E-state index in [4.69, 9.17) is 4.74 Å². The van der Waals surface area contributed by atoms with E-state index in [1.807, 2.05) is 24.3 Å².